The van der Waals surface area contributed by atoms with Crippen molar-refractivity contribution < 1.29 is 0 Å². The van der Waals surface area contributed by atoms with E-state index in [1.54, 1.807) is 0 Å². The third kappa shape index (κ3) is 3.75. The maximum atomic E-state index is 4.19. The summed E-state index contributed by atoms with van der Waals surface area (Å²) >= 11 is 0. The van der Waals surface area contributed by atoms with Crippen molar-refractivity contribution in [3.63, 3.8) is 0 Å². The lowest BCUT2D eigenvalue weighted by Gasteiger charge is -2.45. The van der Waals surface area contributed by atoms with E-state index in [1.807, 2.05) is 0 Å². The van der Waals surface area contributed by atoms with Crippen LogP contribution in [-0.2, 0) is 0 Å². The van der Waals surface area contributed by atoms with Crippen LogP contribution in [-0.4, -0.2) is 87.0 Å². The van der Waals surface area contributed by atoms with Crippen LogP contribution >= 0.6 is 0 Å². The summed E-state index contributed by atoms with van der Waals surface area (Å²) < 4.78 is 0. The standard InChI is InChI=1S/C24H44N6/c1-3-23(5-10-25-11-6-23)29-21(1)19-2-8-28-24(13-19)7-12-30(18-24)20-14-22(17-27-15-20)4-9-26-16-22/h19-21,25-29H,1-18H2. The second kappa shape index (κ2) is 7.96. The molecule has 6 heteroatoms. The third-order valence-electron chi connectivity index (χ3n) is 10.0. The Hall–Kier alpha value is -0.240. The van der Waals surface area contributed by atoms with Gasteiger partial charge in [0, 0.05) is 55.9 Å². The SMILES string of the molecule is C1CC2(CCN1)CCC(C1CCNC3(CCN(C4CNCC5(CCNC5)C4)C3)C1)N2. The zero-order chi connectivity index (χ0) is 20.1. The summed E-state index contributed by atoms with van der Waals surface area (Å²) in [4.78, 5) is 2.86. The van der Waals surface area contributed by atoms with Crippen LogP contribution < -0.4 is 26.6 Å². The fraction of sp³-hybridized carbons (Fsp3) is 1.00. The number of hydrogen-bond acceptors (Lipinski definition) is 6. The van der Waals surface area contributed by atoms with Gasteiger partial charge in [0.25, 0.3) is 0 Å². The van der Waals surface area contributed by atoms with Gasteiger partial charge >= 0.3 is 0 Å². The molecule has 5 unspecified atom stereocenters. The van der Waals surface area contributed by atoms with Gasteiger partial charge in [-0.2, -0.15) is 0 Å². The van der Waals surface area contributed by atoms with Crippen LogP contribution in [0, 0.1) is 11.3 Å². The molecule has 3 spiro atoms. The van der Waals surface area contributed by atoms with Crippen LogP contribution in [0.1, 0.15) is 57.8 Å². The Labute approximate surface area is 183 Å². The lowest BCUT2D eigenvalue weighted by atomic mass is 9.77. The third-order valence-corrected chi connectivity index (χ3v) is 10.0. The van der Waals surface area contributed by atoms with E-state index in [1.165, 1.54) is 117 Å². The molecule has 170 valence electrons. The number of nitrogens with zero attached hydrogens (tertiary/aromatic N) is 1. The average molecular weight is 417 g/mol. The summed E-state index contributed by atoms with van der Waals surface area (Å²) in [6.07, 6.45) is 12.4. The first-order valence-corrected chi connectivity index (χ1v) is 13.1. The van der Waals surface area contributed by atoms with E-state index in [9.17, 15) is 0 Å². The Morgan fingerprint density at radius 3 is 2.47 bits per heavy atom. The molecule has 6 aliphatic heterocycles. The highest BCUT2D eigenvalue weighted by Gasteiger charge is 2.49. The van der Waals surface area contributed by atoms with Gasteiger partial charge < -0.3 is 26.6 Å². The van der Waals surface area contributed by atoms with Gasteiger partial charge in [-0.25, -0.2) is 0 Å². The molecule has 0 aromatic heterocycles. The van der Waals surface area contributed by atoms with Crippen molar-refractivity contribution >= 4 is 0 Å². The lowest BCUT2D eigenvalue weighted by Crippen LogP contribution is -2.59. The van der Waals surface area contributed by atoms with Gasteiger partial charge in [0.05, 0.1) is 0 Å². The van der Waals surface area contributed by atoms with E-state index in [0.717, 1.165) is 18.0 Å². The molecule has 5 atom stereocenters. The maximum Gasteiger partial charge on any atom is 0.0324 e. The van der Waals surface area contributed by atoms with Crippen molar-refractivity contribution in [2.75, 3.05) is 58.9 Å². The minimum Gasteiger partial charge on any atom is -0.317 e. The summed E-state index contributed by atoms with van der Waals surface area (Å²) in [5.41, 5.74) is 1.37. The molecule has 6 rings (SSSR count). The van der Waals surface area contributed by atoms with Crippen LogP contribution in [0.2, 0.25) is 0 Å². The molecule has 0 radical (unpaired) electrons. The highest BCUT2D eigenvalue weighted by molar-refractivity contribution is 5.09. The van der Waals surface area contributed by atoms with Crippen molar-refractivity contribution in [2.24, 2.45) is 11.3 Å². The van der Waals surface area contributed by atoms with Gasteiger partial charge in [0.1, 0.15) is 0 Å². The molecular formula is C24H44N6. The van der Waals surface area contributed by atoms with Crippen LogP contribution in [0.3, 0.4) is 0 Å². The molecule has 6 fully saturated rings. The van der Waals surface area contributed by atoms with Gasteiger partial charge in [-0.15, -0.1) is 0 Å². The van der Waals surface area contributed by atoms with Crippen molar-refractivity contribution in [3.8, 4) is 0 Å². The fourth-order valence-corrected chi connectivity index (χ4v) is 8.22. The van der Waals surface area contributed by atoms with Gasteiger partial charge in [-0.1, -0.05) is 0 Å². The molecule has 6 aliphatic rings. The summed E-state index contributed by atoms with van der Waals surface area (Å²) in [6, 6.07) is 1.50. The molecule has 6 nitrogen and oxygen atoms in total. The van der Waals surface area contributed by atoms with Crippen molar-refractivity contribution in [1.82, 2.24) is 31.5 Å². The number of nitrogens with one attached hydrogen (secondary N) is 5. The minimum absolute atomic E-state index is 0.382. The first-order valence-electron chi connectivity index (χ1n) is 13.1. The van der Waals surface area contributed by atoms with Crippen molar-refractivity contribution in [3.05, 3.63) is 0 Å². The quantitative estimate of drug-likeness (QED) is 0.456. The number of hydrogen-bond donors (Lipinski definition) is 5. The van der Waals surface area contributed by atoms with E-state index in [-0.39, 0.29) is 0 Å². The van der Waals surface area contributed by atoms with Crippen LogP contribution in [0.25, 0.3) is 0 Å². The monoisotopic (exact) mass is 416 g/mol. The maximum absolute atomic E-state index is 4.19. The second-order valence-electron chi connectivity index (χ2n) is 11.9. The molecule has 30 heavy (non-hydrogen) atoms. The predicted octanol–water partition coefficient (Wildman–Crippen LogP) is 0.646. The van der Waals surface area contributed by atoms with Crippen molar-refractivity contribution in [1.29, 1.82) is 0 Å². The van der Waals surface area contributed by atoms with Crippen LogP contribution in [0.5, 0.6) is 0 Å². The number of piperidine rings is 3. The Balaban J connectivity index is 1.08. The highest BCUT2D eigenvalue weighted by atomic mass is 15.3. The summed E-state index contributed by atoms with van der Waals surface area (Å²) in [7, 11) is 0. The van der Waals surface area contributed by atoms with E-state index in [2.05, 4.69) is 31.5 Å². The molecule has 0 bridgehead atoms. The molecule has 0 saturated carbocycles. The molecule has 5 N–H and O–H groups in total. The summed E-state index contributed by atoms with van der Waals surface area (Å²) in [5, 5.41) is 19.2. The van der Waals surface area contributed by atoms with Gasteiger partial charge in [0.2, 0.25) is 0 Å². The number of rotatable bonds is 2. The van der Waals surface area contributed by atoms with Crippen LogP contribution in [0.4, 0.5) is 0 Å². The number of likely N-dealkylation sites (tertiary alicyclic amines) is 1. The second-order valence-corrected chi connectivity index (χ2v) is 11.9. The zero-order valence-electron chi connectivity index (χ0n) is 18.9. The first-order chi connectivity index (χ1) is 14.7. The van der Waals surface area contributed by atoms with E-state index < -0.39 is 0 Å². The minimum atomic E-state index is 0.382. The molecule has 6 saturated heterocycles. The molecule has 0 aliphatic carbocycles. The zero-order valence-corrected chi connectivity index (χ0v) is 18.9. The van der Waals surface area contributed by atoms with Gasteiger partial charge in [-0.3, -0.25) is 4.90 Å². The Kier molecular flexibility index (Phi) is 5.41. The van der Waals surface area contributed by atoms with E-state index in [0.29, 0.717) is 16.5 Å². The molecule has 0 aromatic carbocycles. The van der Waals surface area contributed by atoms with E-state index in [4.69, 9.17) is 0 Å². The topological polar surface area (TPSA) is 63.4 Å². The molecule has 0 amide bonds. The smallest absolute Gasteiger partial charge is 0.0324 e. The molecular weight excluding hydrogens is 372 g/mol. The summed E-state index contributed by atoms with van der Waals surface area (Å²) in [6.45, 7) is 11.1. The fourth-order valence-electron chi connectivity index (χ4n) is 8.22. The largest absolute Gasteiger partial charge is 0.317 e. The lowest BCUT2D eigenvalue weighted by molar-refractivity contribution is 0.0989. The molecule has 0 aromatic rings. The summed E-state index contributed by atoms with van der Waals surface area (Å²) in [5.74, 6) is 0.871. The normalized spacial score (nSPS) is 47.0. The Morgan fingerprint density at radius 1 is 0.733 bits per heavy atom. The Morgan fingerprint density at radius 2 is 1.60 bits per heavy atom. The van der Waals surface area contributed by atoms with Crippen LogP contribution in [0.15, 0.2) is 0 Å². The molecule has 6 heterocycles. The average Bonchev–Trinajstić information content (AvgIpc) is 3.50. The van der Waals surface area contributed by atoms with Crippen molar-refractivity contribution in [2.45, 2.75) is 80.9 Å². The Bertz CT molecular complexity index is 613. The van der Waals surface area contributed by atoms with Gasteiger partial charge in [0.15, 0.2) is 0 Å². The first kappa shape index (κ1) is 20.4. The van der Waals surface area contributed by atoms with E-state index >= 15 is 0 Å². The van der Waals surface area contributed by atoms with Gasteiger partial charge in [-0.05, 0) is 95.3 Å². The highest BCUT2D eigenvalue weighted by Crippen LogP contribution is 2.42. The predicted molar refractivity (Wildman–Crippen MR) is 122 cm³/mol.